The van der Waals surface area contributed by atoms with Crippen molar-refractivity contribution in [3.8, 4) is 0 Å². The number of hydrogen-bond donors (Lipinski definition) is 0. The van der Waals surface area contributed by atoms with Crippen LogP contribution in [-0.4, -0.2) is 49.1 Å². The van der Waals surface area contributed by atoms with Gasteiger partial charge in [0, 0.05) is 6.92 Å². The molecule has 0 radical (unpaired) electrons. The van der Waals surface area contributed by atoms with Crippen LogP contribution in [0.5, 0.6) is 0 Å². The summed E-state index contributed by atoms with van der Waals surface area (Å²) in [6, 6.07) is 0. The number of carbonyl (C=O) groups is 3. The van der Waals surface area contributed by atoms with Crippen LogP contribution < -0.4 is 0 Å². The van der Waals surface area contributed by atoms with Crippen molar-refractivity contribution in [1.29, 1.82) is 0 Å². The Morgan fingerprint density at radius 2 is 1.62 bits per heavy atom. The van der Waals surface area contributed by atoms with Gasteiger partial charge in [-0.05, 0) is 45.8 Å². The minimum Gasteiger partial charge on any atom is -0.443 e. The summed E-state index contributed by atoms with van der Waals surface area (Å²) < 4.78 is 16.8. The molecular formula is C18H33NO6Si. The summed E-state index contributed by atoms with van der Waals surface area (Å²) in [5.74, 6) is -1.74. The van der Waals surface area contributed by atoms with Gasteiger partial charge < -0.3 is 13.9 Å². The third-order valence-corrected chi connectivity index (χ3v) is 9.33. The highest BCUT2D eigenvalue weighted by Gasteiger charge is 2.58. The first-order chi connectivity index (χ1) is 11.5. The van der Waals surface area contributed by atoms with Crippen molar-refractivity contribution in [2.75, 3.05) is 0 Å². The van der Waals surface area contributed by atoms with E-state index in [1.54, 1.807) is 27.7 Å². The molecule has 0 aromatic carbocycles. The molecule has 0 saturated carbocycles. The summed E-state index contributed by atoms with van der Waals surface area (Å²) in [7, 11) is -2.13. The van der Waals surface area contributed by atoms with Gasteiger partial charge in [-0.25, -0.2) is 9.69 Å². The molecule has 0 unspecified atom stereocenters. The molecule has 1 aliphatic heterocycles. The Labute approximate surface area is 157 Å². The van der Waals surface area contributed by atoms with Gasteiger partial charge in [-0.2, -0.15) is 0 Å². The van der Waals surface area contributed by atoms with Gasteiger partial charge in [-0.15, -0.1) is 0 Å². The first-order valence-electron chi connectivity index (χ1n) is 8.89. The maximum Gasteiger partial charge on any atom is 0.420 e. The van der Waals surface area contributed by atoms with Gasteiger partial charge in [0.2, 0.25) is 12.1 Å². The number of likely N-dealkylation sites (tertiary alicyclic amines) is 1. The summed E-state index contributed by atoms with van der Waals surface area (Å²) in [5, 5.41) is -0.0319. The molecule has 26 heavy (non-hydrogen) atoms. The molecular weight excluding hydrogens is 354 g/mol. The lowest BCUT2D eigenvalue weighted by atomic mass is 9.91. The van der Waals surface area contributed by atoms with Crippen LogP contribution in [0.25, 0.3) is 0 Å². The summed E-state index contributed by atoms with van der Waals surface area (Å²) in [6.07, 6.45) is -2.30. The number of hydrogen-bond acceptors (Lipinski definition) is 6. The lowest BCUT2D eigenvalue weighted by molar-refractivity contribution is -0.200. The van der Waals surface area contributed by atoms with Crippen molar-refractivity contribution in [3.05, 3.63) is 0 Å². The fraction of sp³-hybridized carbons (Fsp3) is 0.833. The molecule has 0 aromatic rings. The summed E-state index contributed by atoms with van der Waals surface area (Å²) >= 11 is 0. The third-order valence-electron chi connectivity index (χ3n) is 4.75. The zero-order valence-electron chi connectivity index (χ0n) is 17.6. The van der Waals surface area contributed by atoms with Crippen LogP contribution in [0, 0.1) is 5.92 Å². The van der Waals surface area contributed by atoms with E-state index in [2.05, 4.69) is 33.9 Å². The molecule has 0 aromatic heterocycles. The second kappa shape index (κ2) is 7.30. The number of nitrogens with zero attached hydrogens (tertiary/aromatic N) is 1. The molecule has 2 amide bonds. The van der Waals surface area contributed by atoms with Crippen LogP contribution >= 0.6 is 0 Å². The van der Waals surface area contributed by atoms with E-state index in [9.17, 15) is 14.4 Å². The first-order valence-corrected chi connectivity index (χ1v) is 11.8. The Balaban J connectivity index is 2.99. The standard InChI is InChI=1S/C18H33NO6Si/c1-11(25-26(9,10)18(6,7)8)13-14(21)19(15(13)23-12(2)20)16(22)24-17(3,4)5/h11,13,15H,1-10H3/t11-,13-,15+/m0/s1. The molecule has 1 heterocycles. The maximum atomic E-state index is 12.6. The van der Waals surface area contributed by atoms with Crippen molar-refractivity contribution in [2.45, 2.75) is 91.5 Å². The second-order valence-corrected chi connectivity index (χ2v) is 14.1. The van der Waals surface area contributed by atoms with Gasteiger partial charge in [-0.3, -0.25) is 9.59 Å². The number of β-lactam (4-membered cyclic amide) rings is 1. The summed E-state index contributed by atoms with van der Waals surface area (Å²) in [6.45, 7) is 18.6. The number of esters is 1. The average Bonchev–Trinajstić information content (AvgIpc) is 2.32. The molecule has 0 bridgehead atoms. The molecule has 1 aliphatic rings. The molecule has 150 valence electrons. The monoisotopic (exact) mass is 387 g/mol. The lowest BCUT2D eigenvalue weighted by Crippen LogP contribution is -2.68. The van der Waals surface area contributed by atoms with Crippen LogP contribution in [0.15, 0.2) is 0 Å². The molecule has 3 atom stereocenters. The van der Waals surface area contributed by atoms with Crippen LogP contribution in [0.1, 0.15) is 55.4 Å². The van der Waals surface area contributed by atoms with E-state index < -0.39 is 50.1 Å². The molecule has 1 rings (SSSR count). The quantitative estimate of drug-likeness (QED) is 0.416. The van der Waals surface area contributed by atoms with Crippen molar-refractivity contribution < 1.29 is 28.3 Å². The van der Waals surface area contributed by atoms with Crippen LogP contribution in [0.2, 0.25) is 18.1 Å². The molecule has 0 spiro atoms. The summed E-state index contributed by atoms with van der Waals surface area (Å²) in [5.41, 5.74) is -0.757. The molecule has 0 aliphatic carbocycles. The largest absolute Gasteiger partial charge is 0.443 e. The van der Waals surface area contributed by atoms with Gasteiger partial charge in [0.05, 0.1) is 6.10 Å². The van der Waals surface area contributed by atoms with E-state index in [-0.39, 0.29) is 5.04 Å². The molecule has 1 fully saturated rings. The molecule has 8 heteroatoms. The minimum absolute atomic E-state index is 0.0319. The van der Waals surface area contributed by atoms with E-state index in [1.807, 2.05) is 0 Å². The summed E-state index contributed by atoms with van der Waals surface area (Å²) in [4.78, 5) is 37.3. The lowest BCUT2D eigenvalue weighted by Gasteiger charge is -2.48. The van der Waals surface area contributed by atoms with Gasteiger partial charge in [-0.1, -0.05) is 20.8 Å². The van der Waals surface area contributed by atoms with Gasteiger partial charge in [0.1, 0.15) is 11.5 Å². The normalized spacial score (nSPS) is 22.5. The van der Waals surface area contributed by atoms with Crippen LogP contribution in [0.3, 0.4) is 0 Å². The first kappa shape index (κ1) is 22.6. The van der Waals surface area contributed by atoms with Crippen LogP contribution in [0.4, 0.5) is 4.79 Å². The number of rotatable bonds is 4. The molecule has 1 saturated heterocycles. The van der Waals surface area contributed by atoms with Gasteiger partial charge >= 0.3 is 12.1 Å². The Kier molecular flexibility index (Phi) is 6.36. The Morgan fingerprint density at radius 3 is 2.00 bits per heavy atom. The average molecular weight is 388 g/mol. The Bertz CT molecular complexity index is 575. The van der Waals surface area contributed by atoms with E-state index in [0.717, 1.165) is 4.90 Å². The molecule has 7 nitrogen and oxygen atoms in total. The third kappa shape index (κ3) is 5.06. The SMILES string of the molecule is CC(=O)O[C@@H]1[C@@H]([C@H](C)O[Si](C)(C)C(C)(C)C)C(=O)N1C(=O)OC(C)(C)C. The number of imide groups is 1. The van der Waals surface area contributed by atoms with Crippen molar-refractivity contribution in [3.63, 3.8) is 0 Å². The van der Waals surface area contributed by atoms with Crippen molar-refractivity contribution in [2.24, 2.45) is 5.92 Å². The zero-order valence-corrected chi connectivity index (χ0v) is 18.6. The van der Waals surface area contributed by atoms with E-state index in [1.165, 1.54) is 6.92 Å². The predicted octanol–water partition coefficient (Wildman–Crippen LogP) is 3.68. The highest BCUT2D eigenvalue weighted by molar-refractivity contribution is 6.74. The Morgan fingerprint density at radius 1 is 1.12 bits per heavy atom. The fourth-order valence-corrected chi connectivity index (χ4v) is 3.86. The topological polar surface area (TPSA) is 82.1 Å². The number of carbonyl (C=O) groups excluding carboxylic acids is 3. The smallest absolute Gasteiger partial charge is 0.420 e. The van der Waals surface area contributed by atoms with Crippen molar-refractivity contribution >= 4 is 26.3 Å². The van der Waals surface area contributed by atoms with Gasteiger partial charge in [0.15, 0.2) is 8.32 Å². The molecule has 0 N–H and O–H groups in total. The Hall–Kier alpha value is -1.41. The minimum atomic E-state index is -2.13. The second-order valence-electron chi connectivity index (χ2n) is 9.30. The zero-order chi connectivity index (χ0) is 20.7. The fourth-order valence-electron chi connectivity index (χ4n) is 2.43. The van der Waals surface area contributed by atoms with E-state index in [4.69, 9.17) is 13.9 Å². The predicted molar refractivity (Wildman–Crippen MR) is 99.9 cm³/mol. The number of amides is 2. The van der Waals surface area contributed by atoms with E-state index >= 15 is 0 Å². The van der Waals surface area contributed by atoms with E-state index in [0.29, 0.717) is 0 Å². The highest BCUT2D eigenvalue weighted by atomic mass is 28.4. The van der Waals surface area contributed by atoms with Crippen molar-refractivity contribution in [1.82, 2.24) is 4.90 Å². The van der Waals surface area contributed by atoms with Gasteiger partial charge in [0.25, 0.3) is 0 Å². The highest BCUT2D eigenvalue weighted by Crippen LogP contribution is 2.41. The number of ether oxygens (including phenoxy) is 2. The van der Waals surface area contributed by atoms with Crippen LogP contribution in [-0.2, 0) is 23.5 Å². The maximum absolute atomic E-state index is 12.6.